The maximum atomic E-state index is 12.1. The molecule has 0 aliphatic carbocycles. The monoisotopic (exact) mass is 461 g/mol. The van der Waals surface area contributed by atoms with Crippen LogP contribution in [-0.2, 0) is 0 Å². The molecule has 0 spiro atoms. The predicted octanol–water partition coefficient (Wildman–Crippen LogP) is 4.07. The first kappa shape index (κ1) is 20.2. The molecule has 0 atom stereocenters. The van der Waals surface area contributed by atoms with Crippen LogP contribution < -0.4 is 15.8 Å². The Bertz CT molecular complexity index is 505. The van der Waals surface area contributed by atoms with Crippen LogP contribution in [0, 0.1) is 5.92 Å². The lowest BCUT2D eigenvalue weighted by atomic mass is 10.0. The number of nitrogens with zero attached hydrogens (tertiary/aromatic N) is 1. The molecule has 0 amide bonds. The summed E-state index contributed by atoms with van der Waals surface area (Å²) in [6, 6.07) is 5.37. The predicted molar refractivity (Wildman–Crippen MR) is 98.7 cm³/mol. The Balaban J connectivity index is 0.00000264. The van der Waals surface area contributed by atoms with E-state index in [1.165, 1.54) is 24.3 Å². The fourth-order valence-corrected chi connectivity index (χ4v) is 3.29. The molecule has 1 aromatic rings. The van der Waals surface area contributed by atoms with Crippen LogP contribution in [0.1, 0.15) is 12.8 Å². The Morgan fingerprint density at radius 1 is 1.26 bits per heavy atom. The van der Waals surface area contributed by atoms with E-state index in [-0.39, 0.29) is 35.7 Å². The van der Waals surface area contributed by atoms with Crippen LogP contribution in [0.3, 0.4) is 0 Å². The number of thioether (sulfide) groups is 1. The molecule has 0 unspecified atom stereocenters. The van der Waals surface area contributed by atoms with Crippen molar-refractivity contribution in [3.8, 4) is 5.75 Å². The van der Waals surface area contributed by atoms with Gasteiger partial charge < -0.3 is 15.8 Å². The number of hydrogen-bond donors (Lipinski definition) is 2. The number of nitrogens with one attached hydrogen (secondary N) is 1. The van der Waals surface area contributed by atoms with Gasteiger partial charge in [0.2, 0.25) is 0 Å². The maximum absolute atomic E-state index is 12.1. The van der Waals surface area contributed by atoms with Crippen LogP contribution in [-0.4, -0.2) is 30.4 Å². The van der Waals surface area contributed by atoms with Gasteiger partial charge in [0.1, 0.15) is 5.75 Å². The summed E-state index contributed by atoms with van der Waals surface area (Å²) in [6.07, 6.45) is -2.40. The minimum Gasteiger partial charge on any atom is -0.406 e. The molecule has 9 heteroatoms. The van der Waals surface area contributed by atoms with E-state index in [2.05, 4.69) is 15.0 Å². The molecular formula is C14H19F3IN3OS. The molecule has 0 aromatic heterocycles. The average Bonchev–Trinajstić information content (AvgIpc) is 2.47. The van der Waals surface area contributed by atoms with E-state index >= 15 is 0 Å². The molecule has 0 radical (unpaired) electrons. The molecule has 1 heterocycles. The molecule has 130 valence electrons. The zero-order valence-corrected chi connectivity index (χ0v) is 15.5. The summed E-state index contributed by atoms with van der Waals surface area (Å²) in [5, 5.41) is 2.86. The van der Waals surface area contributed by atoms with Gasteiger partial charge in [-0.1, -0.05) is 0 Å². The highest BCUT2D eigenvalue weighted by atomic mass is 127. The summed E-state index contributed by atoms with van der Waals surface area (Å²) in [5.41, 5.74) is 6.35. The highest BCUT2D eigenvalue weighted by Gasteiger charge is 2.30. The SMILES string of the molecule is I.NC(=NCC1CCSCC1)Nc1ccc(OC(F)(F)F)cc1. The third-order valence-corrected chi connectivity index (χ3v) is 4.27. The zero-order valence-electron chi connectivity index (χ0n) is 12.3. The van der Waals surface area contributed by atoms with Crippen molar-refractivity contribution >= 4 is 47.4 Å². The summed E-state index contributed by atoms with van der Waals surface area (Å²) in [5.74, 6) is 2.88. The first-order chi connectivity index (χ1) is 10.4. The Kier molecular flexibility index (Phi) is 8.31. The number of ether oxygens (including phenoxy) is 1. The van der Waals surface area contributed by atoms with Crippen molar-refractivity contribution in [1.82, 2.24) is 0 Å². The van der Waals surface area contributed by atoms with Crippen LogP contribution >= 0.6 is 35.7 Å². The average molecular weight is 461 g/mol. The van der Waals surface area contributed by atoms with Crippen molar-refractivity contribution in [3.63, 3.8) is 0 Å². The van der Waals surface area contributed by atoms with Crippen LogP contribution in [0.2, 0.25) is 0 Å². The summed E-state index contributed by atoms with van der Waals surface area (Å²) in [7, 11) is 0. The third-order valence-electron chi connectivity index (χ3n) is 3.22. The molecule has 1 aliphatic heterocycles. The standard InChI is InChI=1S/C14H18F3N3OS.HI/c15-14(16,17)21-12-3-1-11(2-4-12)20-13(18)19-9-10-5-7-22-8-6-10;/h1-4,10H,5-9H2,(H3,18,19,20);1H. The second kappa shape index (κ2) is 9.45. The van der Waals surface area contributed by atoms with Gasteiger partial charge in [-0.05, 0) is 54.5 Å². The Morgan fingerprint density at radius 3 is 2.43 bits per heavy atom. The number of anilines is 1. The Hall–Kier alpha value is -0.840. The van der Waals surface area contributed by atoms with E-state index in [1.807, 2.05) is 11.8 Å². The number of nitrogens with two attached hydrogens (primary N) is 1. The highest BCUT2D eigenvalue weighted by molar-refractivity contribution is 14.0. The molecule has 1 aliphatic rings. The zero-order chi connectivity index (χ0) is 16.0. The first-order valence-electron chi connectivity index (χ1n) is 6.93. The van der Waals surface area contributed by atoms with E-state index in [9.17, 15) is 13.2 Å². The van der Waals surface area contributed by atoms with E-state index in [0.29, 0.717) is 18.2 Å². The molecule has 1 fully saturated rings. The number of halogens is 4. The van der Waals surface area contributed by atoms with E-state index in [1.54, 1.807) is 0 Å². The minimum atomic E-state index is -4.69. The first-order valence-corrected chi connectivity index (χ1v) is 8.08. The number of rotatable bonds is 4. The lowest BCUT2D eigenvalue weighted by Crippen LogP contribution is -2.24. The van der Waals surface area contributed by atoms with E-state index in [4.69, 9.17) is 5.73 Å². The number of alkyl halides is 3. The van der Waals surface area contributed by atoms with Gasteiger partial charge in [0.25, 0.3) is 0 Å². The van der Waals surface area contributed by atoms with Crippen molar-refractivity contribution in [2.24, 2.45) is 16.6 Å². The number of benzene rings is 1. The van der Waals surface area contributed by atoms with Crippen molar-refractivity contribution in [3.05, 3.63) is 24.3 Å². The maximum Gasteiger partial charge on any atom is 0.573 e. The lowest BCUT2D eigenvalue weighted by molar-refractivity contribution is -0.274. The number of guanidine groups is 1. The van der Waals surface area contributed by atoms with Gasteiger partial charge >= 0.3 is 6.36 Å². The van der Waals surface area contributed by atoms with Gasteiger partial charge in [-0.15, -0.1) is 37.1 Å². The van der Waals surface area contributed by atoms with Crippen LogP contribution in [0.15, 0.2) is 29.3 Å². The van der Waals surface area contributed by atoms with Crippen LogP contribution in [0.5, 0.6) is 5.75 Å². The fraction of sp³-hybridized carbons (Fsp3) is 0.500. The van der Waals surface area contributed by atoms with Crippen LogP contribution in [0.25, 0.3) is 0 Å². The van der Waals surface area contributed by atoms with E-state index < -0.39 is 6.36 Å². The molecular weight excluding hydrogens is 442 g/mol. The highest BCUT2D eigenvalue weighted by Crippen LogP contribution is 2.24. The number of aliphatic imine (C=N–C) groups is 1. The Labute approximate surface area is 154 Å². The minimum absolute atomic E-state index is 0. The molecule has 0 saturated carbocycles. The van der Waals surface area contributed by atoms with Gasteiger partial charge in [-0.2, -0.15) is 11.8 Å². The molecule has 23 heavy (non-hydrogen) atoms. The van der Waals surface area contributed by atoms with Gasteiger partial charge in [0.15, 0.2) is 5.96 Å². The summed E-state index contributed by atoms with van der Waals surface area (Å²) >= 11 is 1.95. The molecule has 4 nitrogen and oxygen atoms in total. The Morgan fingerprint density at radius 2 is 1.87 bits per heavy atom. The van der Waals surface area contributed by atoms with Crippen molar-refractivity contribution < 1.29 is 17.9 Å². The number of hydrogen-bond acceptors (Lipinski definition) is 3. The van der Waals surface area contributed by atoms with Crippen molar-refractivity contribution in [2.75, 3.05) is 23.4 Å². The van der Waals surface area contributed by atoms with Gasteiger partial charge in [-0.3, -0.25) is 4.99 Å². The second-order valence-electron chi connectivity index (χ2n) is 4.98. The largest absolute Gasteiger partial charge is 0.573 e. The van der Waals surface area contributed by atoms with Gasteiger partial charge in [0.05, 0.1) is 0 Å². The lowest BCUT2D eigenvalue weighted by Gasteiger charge is -2.19. The van der Waals surface area contributed by atoms with Crippen molar-refractivity contribution in [1.29, 1.82) is 0 Å². The van der Waals surface area contributed by atoms with Crippen LogP contribution in [0.4, 0.5) is 18.9 Å². The summed E-state index contributed by atoms with van der Waals surface area (Å²) in [6.45, 7) is 0.675. The second-order valence-corrected chi connectivity index (χ2v) is 6.20. The van der Waals surface area contributed by atoms with E-state index in [0.717, 1.165) is 24.3 Å². The smallest absolute Gasteiger partial charge is 0.406 e. The van der Waals surface area contributed by atoms with Crippen molar-refractivity contribution in [2.45, 2.75) is 19.2 Å². The molecule has 2 rings (SSSR count). The summed E-state index contributed by atoms with van der Waals surface area (Å²) < 4.78 is 39.9. The third kappa shape index (κ3) is 8.00. The molecule has 3 N–H and O–H groups in total. The molecule has 1 saturated heterocycles. The van der Waals surface area contributed by atoms with Gasteiger partial charge in [0, 0.05) is 12.2 Å². The summed E-state index contributed by atoms with van der Waals surface area (Å²) in [4.78, 5) is 4.29. The molecule has 0 bridgehead atoms. The van der Waals surface area contributed by atoms with Gasteiger partial charge in [-0.25, -0.2) is 0 Å². The fourth-order valence-electron chi connectivity index (χ4n) is 2.08. The molecule has 1 aromatic carbocycles. The normalized spacial score (nSPS) is 16.6. The quantitative estimate of drug-likeness (QED) is 0.403. The topological polar surface area (TPSA) is 59.6 Å².